The third-order valence-electron chi connectivity index (χ3n) is 5.33. The van der Waals surface area contributed by atoms with Crippen molar-refractivity contribution in [3.8, 4) is 11.5 Å². The highest BCUT2D eigenvalue weighted by Gasteiger charge is 2.22. The van der Waals surface area contributed by atoms with Crippen molar-refractivity contribution < 1.29 is 14.3 Å². The molecule has 2 aromatic rings. The number of aryl methyl sites for hydroxylation is 1. The van der Waals surface area contributed by atoms with Crippen LogP contribution in [-0.4, -0.2) is 54.2 Å². The number of methoxy groups -OCH3 is 2. The van der Waals surface area contributed by atoms with Crippen LogP contribution in [0.2, 0.25) is 0 Å². The highest BCUT2D eigenvalue weighted by Crippen LogP contribution is 2.29. The Morgan fingerprint density at radius 3 is 2.71 bits per heavy atom. The fourth-order valence-corrected chi connectivity index (χ4v) is 3.72. The van der Waals surface area contributed by atoms with Crippen LogP contribution in [0.25, 0.3) is 0 Å². The minimum Gasteiger partial charge on any atom is -0.497 e. The normalized spacial score (nSPS) is 15.4. The number of likely N-dealkylation sites (tertiary alicyclic amines) is 1. The molecule has 1 aliphatic heterocycles. The summed E-state index contributed by atoms with van der Waals surface area (Å²) in [5.74, 6) is 3.06. The largest absolute Gasteiger partial charge is 0.497 e. The van der Waals surface area contributed by atoms with Gasteiger partial charge in [-0.25, -0.2) is 4.98 Å². The van der Waals surface area contributed by atoms with E-state index in [4.69, 9.17) is 9.47 Å². The number of amides is 1. The first kappa shape index (κ1) is 20.2. The van der Waals surface area contributed by atoms with E-state index in [9.17, 15) is 4.79 Å². The smallest absolute Gasteiger partial charge is 0.238 e. The van der Waals surface area contributed by atoms with Crippen molar-refractivity contribution in [2.75, 3.05) is 39.2 Å². The number of hydrogen-bond acceptors (Lipinski definition) is 5. The Kier molecular flexibility index (Phi) is 6.92. The van der Waals surface area contributed by atoms with Gasteiger partial charge in [0.2, 0.25) is 5.91 Å². The summed E-state index contributed by atoms with van der Waals surface area (Å²) in [7, 11) is 3.19. The molecular formula is C21H30N4O3. The monoisotopic (exact) mass is 386 g/mol. The second kappa shape index (κ2) is 9.59. The Balaban J connectivity index is 1.47. The van der Waals surface area contributed by atoms with E-state index < -0.39 is 0 Å². The second-order valence-corrected chi connectivity index (χ2v) is 7.18. The molecule has 7 nitrogen and oxygen atoms in total. The van der Waals surface area contributed by atoms with Crippen LogP contribution in [0, 0.1) is 5.92 Å². The highest BCUT2D eigenvalue weighted by atomic mass is 16.5. The molecule has 152 valence electrons. The average Bonchev–Trinajstić information content (AvgIpc) is 3.16. The van der Waals surface area contributed by atoms with Crippen molar-refractivity contribution in [3.63, 3.8) is 0 Å². The van der Waals surface area contributed by atoms with Gasteiger partial charge in [0.05, 0.1) is 26.5 Å². The first-order chi connectivity index (χ1) is 13.6. The number of piperidine rings is 1. The molecule has 0 radical (unpaired) electrons. The van der Waals surface area contributed by atoms with E-state index in [1.165, 1.54) is 0 Å². The number of aromatic nitrogens is 2. The average molecular weight is 386 g/mol. The van der Waals surface area contributed by atoms with Crippen molar-refractivity contribution in [3.05, 3.63) is 36.4 Å². The number of ether oxygens (including phenoxy) is 2. The van der Waals surface area contributed by atoms with E-state index >= 15 is 0 Å². The van der Waals surface area contributed by atoms with Gasteiger partial charge in [0, 0.05) is 31.4 Å². The molecule has 1 amide bonds. The van der Waals surface area contributed by atoms with Crippen LogP contribution >= 0.6 is 0 Å². The van der Waals surface area contributed by atoms with Crippen LogP contribution in [0.3, 0.4) is 0 Å². The molecule has 0 aliphatic carbocycles. The summed E-state index contributed by atoms with van der Waals surface area (Å²) < 4.78 is 12.8. The molecule has 1 aromatic carbocycles. The molecule has 1 saturated heterocycles. The molecule has 1 aliphatic rings. The van der Waals surface area contributed by atoms with E-state index in [-0.39, 0.29) is 5.91 Å². The van der Waals surface area contributed by atoms with E-state index in [1.807, 2.05) is 12.3 Å². The summed E-state index contributed by atoms with van der Waals surface area (Å²) in [6, 6.07) is 5.38. The topological polar surface area (TPSA) is 68.6 Å². The summed E-state index contributed by atoms with van der Waals surface area (Å²) in [5, 5.41) is 2.95. The standard InChI is InChI=1S/C21H30N4O3/c1-4-20-22-9-12-25(20)14-16-7-10-24(11-8-16)15-21(26)23-18-6-5-17(27-2)13-19(18)28-3/h5-6,9,12-13,16H,4,7-8,10-11,14-15H2,1-3H3,(H,23,26). The number of anilines is 1. The third kappa shape index (κ3) is 5.04. The van der Waals surface area contributed by atoms with Crippen LogP contribution in [0.4, 0.5) is 5.69 Å². The number of rotatable bonds is 8. The second-order valence-electron chi connectivity index (χ2n) is 7.18. The molecule has 0 bridgehead atoms. The Morgan fingerprint density at radius 2 is 2.04 bits per heavy atom. The molecule has 3 rings (SSSR count). The number of hydrogen-bond donors (Lipinski definition) is 1. The minimum absolute atomic E-state index is 0.0233. The molecule has 0 saturated carbocycles. The van der Waals surface area contributed by atoms with Gasteiger partial charge in [0.15, 0.2) is 0 Å². The molecule has 2 heterocycles. The molecule has 28 heavy (non-hydrogen) atoms. The lowest BCUT2D eigenvalue weighted by Gasteiger charge is -2.31. The van der Waals surface area contributed by atoms with E-state index in [2.05, 4.69) is 32.9 Å². The van der Waals surface area contributed by atoms with E-state index in [0.717, 1.165) is 44.7 Å². The zero-order valence-electron chi connectivity index (χ0n) is 17.0. The van der Waals surface area contributed by atoms with Crippen LogP contribution in [0.5, 0.6) is 11.5 Å². The van der Waals surface area contributed by atoms with Gasteiger partial charge in [-0.1, -0.05) is 6.92 Å². The lowest BCUT2D eigenvalue weighted by Crippen LogP contribution is -2.40. The summed E-state index contributed by atoms with van der Waals surface area (Å²) in [4.78, 5) is 19.1. The predicted molar refractivity (Wildman–Crippen MR) is 109 cm³/mol. The van der Waals surface area contributed by atoms with Gasteiger partial charge in [0.25, 0.3) is 0 Å². The Hall–Kier alpha value is -2.54. The van der Waals surface area contributed by atoms with Crippen LogP contribution < -0.4 is 14.8 Å². The van der Waals surface area contributed by atoms with Gasteiger partial charge in [-0.2, -0.15) is 0 Å². The molecule has 0 spiro atoms. The van der Waals surface area contributed by atoms with Crippen LogP contribution in [-0.2, 0) is 17.8 Å². The number of nitrogens with zero attached hydrogens (tertiary/aromatic N) is 3. The number of imidazole rings is 1. The lowest BCUT2D eigenvalue weighted by molar-refractivity contribution is -0.117. The van der Waals surface area contributed by atoms with Gasteiger partial charge >= 0.3 is 0 Å². The number of carbonyl (C=O) groups is 1. The van der Waals surface area contributed by atoms with Crippen molar-refractivity contribution in [2.24, 2.45) is 5.92 Å². The Labute approximate surface area is 166 Å². The number of benzene rings is 1. The Bertz CT molecular complexity index is 782. The highest BCUT2D eigenvalue weighted by molar-refractivity contribution is 5.93. The van der Waals surface area contributed by atoms with Gasteiger partial charge in [-0.15, -0.1) is 0 Å². The first-order valence-corrected chi connectivity index (χ1v) is 9.87. The molecule has 7 heteroatoms. The van der Waals surface area contributed by atoms with Crippen LogP contribution in [0.15, 0.2) is 30.6 Å². The van der Waals surface area contributed by atoms with Gasteiger partial charge < -0.3 is 19.4 Å². The van der Waals surface area contributed by atoms with Gasteiger partial charge in [0.1, 0.15) is 17.3 Å². The first-order valence-electron chi connectivity index (χ1n) is 9.87. The summed E-state index contributed by atoms with van der Waals surface area (Å²) >= 11 is 0. The van der Waals surface area contributed by atoms with Crippen LogP contribution in [0.1, 0.15) is 25.6 Å². The molecule has 1 fully saturated rings. The van der Waals surface area contributed by atoms with Crippen molar-refractivity contribution in [1.82, 2.24) is 14.5 Å². The van der Waals surface area contributed by atoms with Gasteiger partial charge in [-0.05, 0) is 44.0 Å². The SMILES string of the molecule is CCc1nccn1CC1CCN(CC(=O)Nc2ccc(OC)cc2OC)CC1. The maximum atomic E-state index is 12.5. The van der Waals surface area contributed by atoms with Crippen molar-refractivity contribution in [1.29, 1.82) is 0 Å². The summed E-state index contributed by atoms with van der Waals surface area (Å²) in [6.07, 6.45) is 7.11. The maximum Gasteiger partial charge on any atom is 0.238 e. The number of nitrogens with one attached hydrogen (secondary N) is 1. The fourth-order valence-electron chi connectivity index (χ4n) is 3.72. The van der Waals surface area contributed by atoms with Crippen molar-refractivity contribution >= 4 is 11.6 Å². The third-order valence-corrected chi connectivity index (χ3v) is 5.33. The quantitative estimate of drug-likeness (QED) is 0.756. The minimum atomic E-state index is -0.0233. The molecule has 1 N–H and O–H groups in total. The summed E-state index contributed by atoms with van der Waals surface area (Å²) in [6.45, 7) is 5.43. The molecule has 0 atom stereocenters. The summed E-state index contributed by atoms with van der Waals surface area (Å²) in [5.41, 5.74) is 0.662. The Morgan fingerprint density at radius 1 is 1.25 bits per heavy atom. The zero-order chi connectivity index (χ0) is 19.9. The molecule has 1 aromatic heterocycles. The molecular weight excluding hydrogens is 356 g/mol. The zero-order valence-corrected chi connectivity index (χ0v) is 17.0. The van der Waals surface area contributed by atoms with Crippen molar-refractivity contribution in [2.45, 2.75) is 32.7 Å². The maximum absolute atomic E-state index is 12.5. The van der Waals surface area contributed by atoms with E-state index in [0.29, 0.717) is 29.6 Å². The van der Waals surface area contributed by atoms with Gasteiger partial charge in [-0.3, -0.25) is 9.69 Å². The lowest BCUT2D eigenvalue weighted by atomic mass is 9.96. The predicted octanol–water partition coefficient (Wildman–Crippen LogP) is 2.81. The fraction of sp³-hybridized carbons (Fsp3) is 0.524. The number of carbonyl (C=O) groups excluding carboxylic acids is 1. The van der Waals surface area contributed by atoms with E-state index in [1.54, 1.807) is 26.4 Å². The molecule has 0 unspecified atom stereocenters.